The van der Waals surface area contributed by atoms with Gasteiger partial charge in [0.2, 0.25) is 0 Å². The molecule has 0 heterocycles. The average Bonchev–Trinajstić information content (AvgIpc) is 3.19. The van der Waals surface area contributed by atoms with E-state index in [0.717, 1.165) is 25.7 Å². The molecule has 0 radical (unpaired) electrons. The van der Waals surface area contributed by atoms with Gasteiger partial charge in [-0.25, -0.2) is 4.79 Å². The molecule has 1 fully saturated rings. The van der Waals surface area contributed by atoms with Crippen LogP contribution in [-0.4, -0.2) is 30.6 Å². The van der Waals surface area contributed by atoms with Gasteiger partial charge >= 0.3 is 5.97 Å². The molecule has 1 aromatic carbocycles. The zero-order valence-corrected chi connectivity index (χ0v) is 12.8. The number of hydrogen-bond acceptors (Lipinski definition) is 4. The first-order chi connectivity index (χ1) is 10.6. The molecular formula is C17H21NO4. The molecule has 0 spiro atoms. The van der Waals surface area contributed by atoms with Crippen molar-refractivity contribution in [1.29, 1.82) is 0 Å². The summed E-state index contributed by atoms with van der Waals surface area (Å²) in [7, 11) is 0. The van der Waals surface area contributed by atoms with E-state index in [1.165, 1.54) is 17.5 Å². The van der Waals surface area contributed by atoms with Crippen molar-refractivity contribution in [2.24, 2.45) is 0 Å². The number of rotatable bonds is 6. The number of esters is 1. The lowest BCUT2D eigenvalue weighted by molar-refractivity contribution is -0.156. The number of carbonyl (C=O) groups excluding carboxylic acids is 2. The van der Waals surface area contributed by atoms with Crippen LogP contribution < -0.4 is 10.1 Å². The molecule has 1 N–H and O–H groups in total. The van der Waals surface area contributed by atoms with E-state index in [-0.39, 0.29) is 18.6 Å². The lowest BCUT2D eigenvalue weighted by Gasteiger charge is -2.13. The summed E-state index contributed by atoms with van der Waals surface area (Å²) in [4.78, 5) is 23.4. The highest BCUT2D eigenvalue weighted by molar-refractivity contribution is 5.84. The number of fused-ring (bicyclic) bond motifs is 1. The van der Waals surface area contributed by atoms with E-state index in [0.29, 0.717) is 5.75 Å². The summed E-state index contributed by atoms with van der Waals surface area (Å²) in [6.45, 7) is 1.39. The first-order valence-electron chi connectivity index (χ1n) is 7.86. The second kappa shape index (κ2) is 6.38. The van der Waals surface area contributed by atoms with Crippen molar-refractivity contribution < 1.29 is 19.1 Å². The zero-order valence-electron chi connectivity index (χ0n) is 12.8. The minimum atomic E-state index is -0.781. The van der Waals surface area contributed by atoms with Gasteiger partial charge in [0.25, 0.3) is 5.91 Å². The zero-order chi connectivity index (χ0) is 15.5. The third kappa shape index (κ3) is 3.78. The number of carbonyl (C=O) groups is 2. The first-order valence-corrected chi connectivity index (χ1v) is 7.86. The minimum Gasteiger partial charge on any atom is -0.482 e. The summed E-state index contributed by atoms with van der Waals surface area (Å²) in [5.41, 5.74) is 2.66. The van der Waals surface area contributed by atoms with E-state index < -0.39 is 12.1 Å². The molecule has 2 aliphatic carbocycles. The average molecular weight is 303 g/mol. The molecule has 1 saturated carbocycles. The van der Waals surface area contributed by atoms with Gasteiger partial charge < -0.3 is 14.8 Å². The summed E-state index contributed by atoms with van der Waals surface area (Å²) in [5, 5.41) is 2.80. The Balaban J connectivity index is 1.44. The monoisotopic (exact) mass is 303 g/mol. The summed E-state index contributed by atoms with van der Waals surface area (Å²) < 4.78 is 10.5. The molecule has 1 amide bonds. The number of hydrogen-bond donors (Lipinski definition) is 1. The molecule has 1 aromatic rings. The van der Waals surface area contributed by atoms with Gasteiger partial charge in [-0.15, -0.1) is 0 Å². The lowest BCUT2D eigenvalue weighted by Crippen LogP contribution is -2.37. The predicted molar refractivity (Wildman–Crippen MR) is 80.7 cm³/mol. The third-order valence-corrected chi connectivity index (χ3v) is 4.03. The van der Waals surface area contributed by atoms with Crippen LogP contribution >= 0.6 is 0 Å². The molecule has 0 aromatic heterocycles. The summed E-state index contributed by atoms with van der Waals surface area (Å²) in [6, 6.07) is 6.17. The van der Waals surface area contributed by atoms with Crippen molar-refractivity contribution >= 4 is 11.9 Å². The Morgan fingerprint density at radius 2 is 2.05 bits per heavy atom. The van der Waals surface area contributed by atoms with Gasteiger partial charge in [-0.2, -0.15) is 0 Å². The Kier molecular flexibility index (Phi) is 4.32. The quantitative estimate of drug-likeness (QED) is 0.813. The van der Waals surface area contributed by atoms with Crippen LogP contribution in [0.4, 0.5) is 0 Å². The smallest absolute Gasteiger partial charge is 0.344 e. The fourth-order valence-electron chi connectivity index (χ4n) is 2.61. The Bertz CT molecular complexity index is 580. The second-order valence-electron chi connectivity index (χ2n) is 5.99. The van der Waals surface area contributed by atoms with Gasteiger partial charge in [0, 0.05) is 6.04 Å². The maximum absolute atomic E-state index is 11.7. The standard InChI is InChI=1S/C17H21NO4/c1-11(17(20)18-14-6-7-14)22-16(19)10-21-15-8-5-12-3-2-4-13(12)9-15/h5,8-9,11,14H,2-4,6-7,10H2,1H3,(H,18,20)/t11-/m1/s1. The fraction of sp³-hybridized carbons (Fsp3) is 0.529. The number of benzene rings is 1. The van der Waals surface area contributed by atoms with Crippen LogP contribution in [0.5, 0.6) is 5.75 Å². The number of amides is 1. The largest absolute Gasteiger partial charge is 0.482 e. The van der Waals surface area contributed by atoms with Gasteiger partial charge in [0.15, 0.2) is 12.7 Å². The molecule has 22 heavy (non-hydrogen) atoms. The molecule has 0 saturated heterocycles. The van der Waals surface area contributed by atoms with Crippen molar-refractivity contribution in [1.82, 2.24) is 5.32 Å². The second-order valence-corrected chi connectivity index (χ2v) is 5.99. The molecule has 3 rings (SSSR count). The topological polar surface area (TPSA) is 64.6 Å². The van der Waals surface area contributed by atoms with E-state index in [1.807, 2.05) is 12.1 Å². The maximum atomic E-state index is 11.7. The predicted octanol–water partition coefficient (Wildman–Crippen LogP) is 1.76. The molecule has 5 nitrogen and oxygen atoms in total. The molecule has 118 valence electrons. The maximum Gasteiger partial charge on any atom is 0.344 e. The number of nitrogens with one attached hydrogen (secondary N) is 1. The van der Waals surface area contributed by atoms with Gasteiger partial charge in [-0.05, 0) is 62.3 Å². The molecule has 0 bridgehead atoms. The number of aryl methyl sites for hydroxylation is 2. The highest BCUT2D eigenvalue weighted by Gasteiger charge is 2.27. The van der Waals surface area contributed by atoms with Crippen molar-refractivity contribution in [2.45, 2.75) is 51.2 Å². The summed E-state index contributed by atoms with van der Waals surface area (Å²) in [5.74, 6) is -0.0972. The summed E-state index contributed by atoms with van der Waals surface area (Å²) in [6.07, 6.45) is 4.59. The van der Waals surface area contributed by atoms with Crippen molar-refractivity contribution in [3.05, 3.63) is 29.3 Å². The van der Waals surface area contributed by atoms with E-state index in [4.69, 9.17) is 9.47 Å². The van der Waals surface area contributed by atoms with Crippen LogP contribution in [0, 0.1) is 0 Å². The molecule has 2 aliphatic rings. The third-order valence-electron chi connectivity index (χ3n) is 4.03. The number of ether oxygens (including phenoxy) is 2. The normalized spacial score (nSPS) is 17.5. The molecule has 1 atom stereocenters. The molecular weight excluding hydrogens is 282 g/mol. The van der Waals surface area contributed by atoms with Crippen LogP contribution in [0.15, 0.2) is 18.2 Å². The highest BCUT2D eigenvalue weighted by atomic mass is 16.6. The van der Waals surface area contributed by atoms with E-state index in [1.54, 1.807) is 6.92 Å². The van der Waals surface area contributed by atoms with E-state index in [2.05, 4.69) is 11.4 Å². The van der Waals surface area contributed by atoms with Crippen LogP contribution in [0.25, 0.3) is 0 Å². The first kappa shape index (κ1) is 14.9. The molecule has 0 unspecified atom stereocenters. The Morgan fingerprint density at radius 1 is 1.27 bits per heavy atom. The fourth-order valence-corrected chi connectivity index (χ4v) is 2.61. The van der Waals surface area contributed by atoms with Gasteiger partial charge in [0.05, 0.1) is 0 Å². The lowest BCUT2D eigenvalue weighted by atomic mass is 10.1. The van der Waals surface area contributed by atoms with Crippen LogP contribution in [-0.2, 0) is 27.2 Å². The molecule has 0 aliphatic heterocycles. The Hall–Kier alpha value is -2.04. The van der Waals surface area contributed by atoms with Crippen molar-refractivity contribution in [2.75, 3.05) is 6.61 Å². The molecule has 5 heteroatoms. The van der Waals surface area contributed by atoms with Crippen LogP contribution in [0.1, 0.15) is 37.3 Å². The van der Waals surface area contributed by atoms with Gasteiger partial charge in [-0.3, -0.25) is 4.79 Å². The van der Waals surface area contributed by atoms with Crippen molar-refractivity contribution in [3.8, 4) is 5.75 Å². The Morgan fingerprint density at radius 3 is 2.82 bits per heavy atom. The van der Waals surface area contributed by atoms with Crippen LogP contribution in [0.2, 0.25) is 0 Å². The Labute approximate surface area is 130 Å². The SMILES string of the molecule is C[C@@H](OC(=O)COc1ccc2c(c1)CCC2)C(=O)NC1CC1. The van der Waals surface area contributed by atoms with Crippen LogP contribution in [0.3, 0.4) is 0 Å². The summed E-state index contributed by atoms with van der Waals surface area (Å²) >= 11 is 0. The van der Waals surface area contributed by atoms with E-state index in [9.17, 15) is 9.59 Å². The van der Waals surface area contributed by atoms with E-state index >= 15 is 0 Å². The van der Waals surface area contributed by atoms with Crippen molar-refractivity contribution in [3.63, 3.8) is 0 Å². The van der Waals surface area contributed by atoms with Gasteiger partial charge in [0.1, 0.15) is 5.75 Å². The minimum absolute atomic E-state index is 0.181. The highest BCUT2D eigenvalue weighted by Crippen LogP contribution is 2.26. The van der Waals surface area contributed by atoms with Gasteiger partial charge in [-0.1, -0.05) is 6.07 Å².